The Hall–Kier alpha value is -1.01. The number of pyridine rings is 1. The van der Waals surface area contributed by atoms with Crippen LogP contribution in [0.15, 0.2) is 53.5 Å². The van der Waals surface area contributed by atoms with Crippen LogP contribution in [0.4, 0.5) is 0 Å². The van der Waals surface area contributed by atoms with Crippen LogP contribution in [0.2, 0.25) is 0 Å². The molecule has 0 saturated heterocycles. The van der Waals surface area contributed by atoms with E-state index in [1.165, 1.54) is 0 Å². The van der Waals surface area contributed by atoms with Gasteiger partial charge in [-0.3, -0.25) is 4.79 Å². The number of nitrogens with zero attached hydrogens (tertiary/aromatic N) is 3. The van der Waals surface area contributed by atoms with Crippen molar-refractivity contribution < 1.29 is 63.0 Å². The minimum absolute atomic E-state index is 0. The number of benzene rings is 1. The number of amides is 1. The maximum Gasteiger partial charge on any atom is 1.00 e. The second-order valence-corrected chi connectivity index (χ2v) is 5.28. The average Bonchev–Trinajstić information content (AvgIpc) is 3.15. The number of aryl methyl sites for hydroxylation is 1. The van der Waals surface area contributed by atoms with Gasteiger partial charge in [-0.25, -0.2) is 0 Å². The SMILES string of the molecule is CC.CC.CN1Cc2ccccc2C1=O.Cc1c(=O)[n-]n2ccccc12.[Rb+]. The topological polar surface area (TPSA) is 55.9 Å². The van der Waals surface area contributed by atoms with Crippen LogP contribution in [0.5, 0.6) is 0 Å². The van der Waals surface area contributed by atoms with Crippen molar-refractivity contribution in [1.29, 1.82) is 0 Å². The summed E-state index contributed by atoms with van der Waals surface area (Å²) in [6.07, 6.45) is 1.77. The van der Waals surface area contributed by atoms with E-state index in [2.05, 4.69) is 5.10 Å². The van der Waals surface area contributed by atoms with Crippen LogP contribution in [-0.2, 0) is 6.54 Å². The van der Waals surface area contributed by atoms with E-state index in [1.807, 2.05) is 77.2 Å². The van der Waals surface area contributed by atoms with Crippen molar-refractivity contribution in [3.63, 3.8) is 0 Å². The molecule has 3 aromatic rings. The van der Waals surface area contributed by atoms with Crippen LogP contribution in [0, 0.1) is 6.92 Å². The standard InChI is InChI=1S/C9H9NO.C8H8N2O.2C2H6.Rb/c1-10-6-7-4-2-3-5-8(7)9(10)11;1-6-7-4-2-3-5-10(7)9-8(6)11;2*1-2;/h2-5H,6H2,1H3;2-5H,1H3,(H,9,11);2*1-2H3;/q;;;;+1/p-1. The van der Waals surface area contributed by atoms with Gasteiger partial charge in [0, 0.05) is 24.7 Å². The van der Waals surface area contributed by atoms with Crippen molar-refractivity contribution in [2.24, 2.45) is 0 Å². The van der Waals surface area contributed by atoms with Crippen LogP contribution in [0.3, 0.4) is 0 Å². The first-order chi connectivity index (χ1) is 12.6. The molecule has 1 aromatic carbocycles. The predicted molar refractivity (Wildman–Crippen MR) is 107 cm³/mol. The molecular weight excluding hydrogens is 412 g/mol. The third kappa shape index (κ3) is 6.52. The molecule has 2 aromatic heterocycles. The van der Waals surface area contributed by atoms with Crippen LogP contribution >= 0.6 is 0 Å². The Bertz CT molecular complexity index is 900. The largest absolute Gasteiger partial charge is 1.00 e. The van der Waals surface area contributed by atoms with E-state index in [4.69, 9.17) is 0 Å². The molecule has 27 heavy (non-hydrogen) atoms. The molecule has 1 aliphatic rings. The van der Waals surface area contributed by atoms with Crippen LogP contribution < -0.4 is 68.8 Å². The molecular formula is C21H28N3O2Rb. The molecule has 6 heteroatoms. The smallest absolute Gasteiger partial charge is 0.555 e. The minimum atomic E-state index is -0.142. The summed E-state index contributed by atoms with van der Waals surface area (Å²) in [4.78, 5) is 24.1. The Morgan fingerprint density at radius 3 is 2.11 bits per heavy atom. The average molecular weight is 440 g/mol. The number of hydrogen-bond donors (Lipinski definition) is 0. The van der Waals surface area contributed by atoms with Crippen molar-refractivity contribution in [1.82, 2.24) is 14.5 Å². The molecule has 140 valence electrons. The maximum atomic E-state index is 11.3. The maximum absolute atomic E-state index is 11.3. The fourth-order valence-corrected chi connectivity index (χ4v) is 2.50. The summed E-state index contributed by atoms with van der Waals surface area (Å²) in [7, 11) is 1.82. The van der Waals surface area contributed by atoms with Gasteiger partial charge in [-0.1, -0.05) is 52.0 Å². The Labute approximate surface area is 210 Å². The zero-order valence-electron chi connectivity index (χ0n) is 17.5. The number of hydrogen-bond acceptors (Lipinski definition) is 2. The van der Waals surface area contributed by atoms with Gasteiger partial charge >= 0.3 is 58.2 Å². The summed E-state index contributed by atoms with van der Waals surface area (Å²) in [6.45, 7) is 10.5. The van der Waals surface area contributed by atoms with Gasteiger partial charge in [0.2, 0.25) is 0 Å². The number of carbonyl (C=O) groups is 1. The van der Waals surface area contributed by atoms with Crippen molar-refractivity contribution in [2.75, 3.05) is 7.05 Å². The molecule has 0 bridgehead atoms. The zero-order chi connectivity index (χ0) is 19.7. The molecule has 1 aliphatic heterocycles. The second-order valence-electron chi connectivity index (χ2n) is 5.28. The molecule has 3 heterocycles. The molecule has 5 nitrogen and oxygen atoms in total. The molecule has 1 amide bonds. The normalized spacial score (nSPS) is 11.0. The molecule has 0 atom stereocenters. The first-order valence-corrected chi connectivity index (χ1v) is 9.02. The fraction of sp³-hybridized carbons (Fsp3) is 0.333. The van der Waals surface area contributed by atoms with Crippen LogP contribution in [-0.4, -0.2) is 22.4 Å². The third-order valence-corrected chi connectivity index (χ3v) is 3.74. The molecule has 0 spiro atoms. The monoisotopic (exact) mass is 439 g/mol. The van der Waals surface area contributed by atoms with Crippen molar-refractivity contribution in [2.45, 2.75) is 41.2 Å². The predicted octanol–water partition coefficient (Wildman–Crippen LogP) is 0.894. The Kier molecular flexibility index (Phi) is 12.7. The van der Waals surface area contributed by atoms with Gasteiger partial charge in [0.1, 0.15) is 0 Å². The zero-order valence-corrected chi connectivity index (χ0v) is 22.4. The van der Waals surface area contributed by atoms with E-state index in [-0.39, 0.29) is 69.7 Å². The number of fused-ring (bicyclic) bond motifs is 2. The first-order valence-electron chi connectivity index (χ1n) is 9.02. The van der Waals surface area contributed by atoms with Crippen molar-refractivity contribution in [3.8, 4) is 0 Å². The van der Waals surface area contributed by atoms with Crippen LogP contribution in [0.1, 0.15) is 49.2 Å². The third-order valence-electron chi connectivity index (χ3n) is 3.74. The summed E-state index contributed by atoms with van der Waals surface area (Å²) < 4.78 is 1.59. The van der Waals surface area contributed by atoms with Gasteiger partial charge in [0.25, 0.3) is 5.91 Å². The molecule has 0 aliphatic carbocycles. The molecule has 0 N–H and O–H groups in total. The second kappa shape index (κ2) is 13.2. The van der Waals surface area contributed by atoms with E-state index in [9.17, 15) is 9.59 Å². The van der Waals surface area contributed by atoms with E-state index in [0.717, 1.165) is 23.2 Å². The number of carbonyl (C=O) groups excluding carboxylic acids is 1. The van der Waals surface area contributed by atoms with Gasteiger partial charge in [-0.05, 0) is 42.4 Å². The van der Waals surface area contributed by atoms with Gasteiger partial charge < -0.3 is 19.3 Å². The molecule has 0 radical (unpaired) electrons. The minimum Gasteiger partial charge on any atom is -0.555 e. The van der Waals surface area contributed by atoms with Gasteiger partial charge in [-0.15, -0.1) is 0 Å². The summed E-state index contributed by atoms with van der Waals surface area (Å²) >= 11 is 0. The van der Waals surface area contributed by atoms with E-state index in [1.54, 1.807) is 22.5 Å². The Morgan fingerprint density at radius 2 is 1.52 bits per heavy atom. The van der Waals surface area contributed by atoms with Crippen LogP contribution in [0.25, 0.3) is 5.52 Å². The fourth-order valence-electron chi connectivity index (χ4n) is 2.50. The van der Waals surface area contributed by atoms with Crippen molar-refractivity contribution in [3.05, 3.63) is 75.7 Å². The Balaban J connectivity index is 0.000000411. The van der Waals surface area contributed by atoms with E-state index >= 15 is 0 Å². The Morgan fingerprint density at radius 1 is 0.926 bits per heavy atom. The molecule has 0 saturated carbocycles. The number of aromatic nitrogens is 2. The van der Waals surface area contributed by atoms with Gasteiger partial charge in [0.15, 0.2) is 0 Å². The molecule has 0 fully saturated rings. The van der Waals surface area contributed by atoms with Crippen molar-refractivity contribution >= 4 is 11.4 Å². The number of rotatable bonds is 0. The quantitative estimate of drug-likeness (QED) is 0.523. The molecule has 0 unspecified atom stereocenters. The first kappa shape index (κ1) is 26.0. The summed E-state index contributed by atoms with van der Waals surface area (Å²) in [5, 5.41) is 3.77. The van der Waals surface area contributed by atoms with E-state index < -0.39 is 0 Å². The summed E-state index contributed by atoms with van der Waals surface area (Å²) in [5.74, 6) is 0.139. The summed E-state index contributed by atoms with van der Waals surface area (Å²) in [6, 6.07) is 13.4. The summed E-state index contributed by atoms with van der Waals surface area (Å²) in [5.41, 5.74) is 3.45. The molecule has 4 rings (SSSR count). The van der Waals surface area contributed by atoms with E-state index in [0.29, 0.717) is 5.56 Å². The van der Waals surface area contributed by atoms with Gasteiger partial charge in [0.05, 0.1) is 5.56 Å². The van der Waals surface area contributed by atoms with Gasteiger partial charge in [-0.2, -0.15) is 0 Å².